The molecule has 1 N–H and O–H groups in total. The van der Waals surface area contributed by atoms with Gasteiger partial charge in [-0.2, -0.15) is 0 Å². The molecule has 0 atom stereocenters. The quantitative estimate of drug-likeness (QED) is 0.788. The van der Waals surface area contributed by atoms with Gasteiger partial charge in [0.2, 0.25) is 10.0 Å². The molecule has 0 aromatic rings. The molecule has 2 fully saturated rings. The van der Waals surface area contributed by atoms with E-state index >= 15 is 0 Å². The van der Waals surface area contributed by atoms with Gasteiger partial charge in [-0.1, -0.05) is 0 Å². The third-order valence-electron chi connectivity index (χ3n) is 3.81. The van der Waals surface area contributed by atoms with Crippen molar-refractivity contribution in [3.05, 3.63) is 0 Å². The lowest BCUT2D eigenvalue weighted by Gasteiger charge is -2.34. The molecule has 17 heavy (non-hydrogen) atoms. The molecule has 6 heteroatoms. The number of ether oxygens (including phenoxy) is 1. The fraction of sp³-hybridized carbons (Fsp3) is 1.00. The standard InChI is InChI=1S/C11H22N2O3S/c1-13(10-2-6-12-7-3-10)17(14,15)11-4-8-16-9-5-11/h10-12H,2-9H2,1H3. The molecule has 2 saturated heterocycles. The predicted octanol–water partition coefficient (Wildman–Crippen LogP) is 0.179. The van der Waals surface area contributed by atoms with E-state index in [1.807, 2.05) is 0 Å². The van der Waals surface area contributed by atoms with Gasteiger partial charge < -0.3 is 10.1 Å². The second kappa shape index (κ2) is 5.65. The molecule has 0 unspecified atom stereocenters. The van der Waals surface area contributed by atoms with E-state index in [4.69, 9.17) is 4.74 Å². The number of nitrogens with one attached hydrogen (secondary N) is 1. The molecule has 0 bridgehead atoms. The normalized spacial score (nSPS) is 25.3. The van der Waals surface area contributed by atoms with Gasteiger partial charge >= 0.3 is 0 Å². The van der Waals surface area contributed by atoms with E-state index in [0.717, 1.165) is 25.9 Å². The van der Waals surface area contributed by atoms with Crippen LogP contribution in [0, 0.1) is 0 Å². The van der Waals surface area contributed by atoms with Crippen LogP contribution >= 0.6 is 0 Å². The van der Waals surface area contributed by atoms with Gasteiger partial charge in [-0.25, -0.2) is 12.7 Å². The van der Waals surface area contributed by atoms with E-state index in [2.05, 4.69) is 5.32 Å². The van der Waals surface area contributed by atoms with Crippen molar-refractivity contribution in [3.63, 3.8) is 0 Å². The third kappa shape index (κ3) is 2.99. The highest BCUT2D eigenvalue weighted by molar-refractivity contribution is 7.89. The first-order valence-corrected chi connectivity index (χ1v) is 7.88. The molecule has 0 aromatic heterocycles. The van der Waals surface area contributed by atoms with Gasteiger partial charge in [-0.3, -0.25) is 0 Å². The average Bonchev–Trinajstić information content (AvgIpc) is 2.40. The van der Waals surface area contributed by atoms with E-state index in [9.17, 15) is 8.42 Å². The Hall–Kier alpha value is -0.170. The lowest BCUT2D eigenvalue weighted by atomic mass is 10.1. The molecule has 0 aromatic carbocycles. The number of nitrogens with zero attached hydrogens (tertiary/aromatic N) is 1. The molecule has 0 radical (unpaired) electrons. The van der Waals surface area contributed by atoms with E-state index in [1.165, 1.54) is 0 Å². The fourth-order valence-electron chi connectivity index (χ4n) is 2.59. The van der Waals surface area contributed by atoms with Crippen LogP contribution in [0.5, 0.6) is 0 Å². The lowest BCUT2D eigenvalue weighted by Crippen LogP contribution is -2.48. The van der Waals surface area contributed by atoms with Crippen LogP contribution < -0.4 is 5.32 Å². The van der Waals surface area contributed by atoms with Crippen LogP contribution in [0.15, 0.2) is 0 Å². The Bertz CT molecular complexity index is 333. The summed E-state index contributed by atoms with van der Waals surface area (Å²) in [7, 11) is -1.40. The molecule has 5 nitrogen and oxygen atoms in total. The average molecular weight is 262 g/mol. The van der Waals surface area contributed by atoms with E-state index in [0.29, 0.717) is 26.1 Å². The fourth-order valence-corrected chi connectivity index (χ4v) is 4.47. The summed E-state index contributed by atoms with van der Waals surface area (Å²) in [5.41, 5.74) is 0. The highest BCUT2D eigenvalue weighted by atomic mass is 32.2. The van der Waals surface area contributed by atoms with E-state index in [1.54, 1.807) is 11.4 Å². The molecule has 100 valence electrons. The highest BCUT2D eigenvalue weighted by Crippen LogP contribution is 2.23. The predicted molar refractivity (Wildman–Crippen MR) is 66.4 cm³/mol. The molecule has 0 spiro atoms. The highest BCUT2D eigenvalue weighted by Gasteiger charge is 2.35. The third-order valence-corrected chi connectivity index (χ3v) is 6.23. The second-order valence-corrected chi connectivity index (χ2v) is 7.13. The summed E-state index contributed by atoms with van der Waals surface area (Å²) < 4.78 is 31.7. The van der Waals surface area contributed by atoms with Crippen molar-refractivity contribution >= 4 is 10.0 Å². The SMILES string of the molecule is CN(C1CCNCC1)S(=O)(=O)C1CCOCC1. The Morgan fingerprint density at radius 3 is 2.29 bits per heavy atom. The van der Waals surface area contributed by atoms with Crippen molar-refractivity contribution < 1.29 is 13.2 Å². The first kappa shape index (κ1) is 13.3. The second-order valence-electron chi connectivity index (χ2n) is 4.85. The van der Waals surface area contributed by atoms with Crippen molar-refractivity contribution in [2.45, 2.75) is 37.0 Å². The molecular formula is C11H22N2O3S. The van der Waals surface area contributed by atoms with Gasteiger partial charge in [-0.05, 0) is 38.8 Å². The summed E-state index contributed by atoms with van der Waals surface area (Å²) in [5, 5.41) is 3.02. The monoisotopic (exact) mass is 262 g/mol. The summed E-state index contributed by atoms with van der Waals surface area (Å²) in [6.07, 6.45) is 3.10. The Labute approximate surface area is 104 Å². The summed E-state index contributed by atoms with van der Waals surface area (Å²) in [6.45, 7) is 2.98. The Morgan fingerprint density at radius 1 is 1.12 bits per heavy atom. The molecule has 0 amide bonds. The maximum absolute atomic E-state index is 12.4. The molecule has 0 aliphatic carbocycles. The van der Waals surface area contributed by atoms with Crippen LogP contribution in [0.1, 0.15) is 25.7 Å². The van der Waals surface area contributed by atoms with E-state index < -0.39 is 10.0 Å². The van der Waals surface area contributed by atoms with Crippen LogP contribution in [0.4, 0.5) is 0 Å². The van der Waals surface area contributed by atoms with Crippen LogP contribution in [-0.4, -0.2) is 57.4 Å². The van der Waals surface area contributed by atoms with Gasteiger partial charge in [0.15, 0.2) is 0 Å². The molecule has 0 saturated carbocycles. The largest absolute Gasteiger partial charge is 0.381 e. The Balaban J connectivity index is 2.02. The maximum atomic E-state index is 12.4. The summed E-state index contributed by atoms with van der Waals surface area (Å²) in [6, 6.07) is 0.170. The number of piperidine rings is 1. The number of rotatable bonds is 3. The maximum Gasteiger partial charge on any atom is 0.217 e. The van der Waals surface area contributed by atoms with Gasteiger partial charge in [0.25, 0.3) is 0 Å². The minimum Gasteiger partial charge on any atom is -0.381 e. The minimum atomic E-state index is -3.14. The summed E-state index contributed by atoms with van der Waals surface area (Å²) in [5.74, 6) is 0. The number of hydrogen-bond acceptors (Lipinski definition) is 4. The topological polar surface area (TPSA) is 58.6 Å². The van der Waals surface area contributed by atoms with Gasteiger partial charge in [0.1, 0.15) is 0 Å². The Morgan fingerprint density at radius 2 is 1.71 bits per heavy atom. The van der Waals surface area contributed by atoms with Crippen molar-refractivity contribution in [2.75, 3.05) is 33.4 Å². The van der Waals surface area contributed by atoms with Crippen molar-refractivity contribution in [1.82, 2.24) is 9.62 Å². The first-order chi connectivity index (χ1) is 8.12. The van der Waals surface area contributed by atoms with Crippen LogP contribution in [0.25, 0.3) is 0 Å². The zero-order chi connectivity index (χ0) is 12.3. The van der Waals surface area contributed by atoms with Crippen LogP contribution in [0.2, 0.25) is 0 Å². The van der Waals surface area contributed by atoms with Crippen molar-refractivity contribution in [1.29, 1.82) is 0 Å². The van der Waals surface area contributed by atoms with Gasteiger partial charge in [0, 0.05) is 26.3 Å². The lowest BCUT2D eigenvalue weighted by molar-refractivity contribution is 0.0968. The molecule has 2 aliphatic heterocycles. The Kier molecular flexibility index (Phi) is 4.41. The summed E-state index contributed by atoms with van der Waals surface area (Å²) in [4.78, 5) is 0. The molecular weight excluding hydrogens is 240 g/mol. The molecule has 2 aliphatic rings. The zero-order valence-corrected chi connectivity index (χ0v) is 11.2. The zero-order valence-electron chi connectivity index (χ0n) is 10.4. The first-order valence-electron chi connectivity index (χ1n) is 6.37. The van der Waals surface area contributed by atoms with E-state index in [-0.39, 0.29) is 11.3 Å². The number of sulfonamides is 1. The van der Waals surface area contributed by atoms with Crippen LogP contribution in [0.3, 0.4) is 0 Å². The van der Waals surface area contributed by atoms with Crippen molar-refractivity contribution in [2.24, 2.45) is 0 Å². The van der Waals surface area contributed by atoms with Crippen molar-refractivity contribution in [3.8, 4) is 0 Å². The molecule has 2 heterocycles. The smallest absolute Gasteiger partial charge is 0.217 e. The molecule has 2 rings (SSSR count). The van der Waals surface area contributed by atoms with Crippen LogP contribution in [-0.2, 0) is 14.8 Å². The minimum absolute atomic E-state index is 0.170. The summed E-state index contributed by atoms with van der Waals surface area (Å²) >= 11 is 0. The number of hydrogen-bond donors (Lipinski definition) is 1. The van der Waals surface area contributed by atoms with Gasteiger partial charge in [-0.15, -0.1) is 0 Å². The van der Waals surface area contributed by atoms with Gasteiger partial charge in [0.05, 0.1) is 5.25 Å².